The van der Waals surface area contributed by atoms with Crippen molar-refractivity contribution in [1.29, 1.82) is 0 Å². The van der Waals surface area contributed by atoms with E-state index in [0.29, 0.717) is 11.4 Å². The average molecular weight is 488 g/mol. The van der Waals surface area contributed by atoms with Crippen LogP contribution in [0.1, 0.15) is 44.7 Å². The highest BCUT2D eigenvalue weighted by atomic mass is 32.1. The number of thiazole rings is 1. The normalized spacial score (nSPS) is 11.5. The molecule has 0 radical (unpaired) electrons. The maximum absolute atomic E-state index is 13.4. The van der Waals surface area contributed by atoms with Crippen LogP contribution in [0.25, 0.3) is 32.0 Å². The molecule has 5 nitrogen and oxygen atoms in total. The van der Waals surface area contributed by atoms with Gasteiger partial charge in [0.1, 0.15) is 11.4 Å². The summed E-state index contributed by atoms with van der Waals surface area (Å²) in [5.74, 6) is -0.586. The van der Waals surface area contributed by atoms with Crippen molar-refractivity contribution in [2.45, 2.75) is 18.8 Å². The van der Waals surface area contributed by atoms with Crippen molar-refractivity contribution in [3.05, 3.63) is 113 Å². The minimum absolute atomic E-state index is 0.107. The maximum atomic E-state index is 13.4. The summed E-state index contributed by atoms with van der Waals surface area (Å²) in [5, 5.41) is 2.74. The third kappa shape index (κ3) is 4.39. The first-order valence-corrected chi connectivity index (χ1v) is 12.6. The molecule has 0 unspecified atom stereocenters. The van der Waals surface area contributed by atoms with Gasteiger partial charge in [0.05, 0.1) is 26.3 Å². The van der Waals surface area contributed by atoms with Gasteiger partial charge in [0, 0.05) is 29.5 Å². The van der Waals surface area contributed by atoms with Crippen molar-refractivity contribution < 1.29 is 9.59 Å². The molecular formula is C30H21N3O2S. The van der Waals surface area contributed by atoms with Crippen LogP contribution in [-0.2, 0) is 0 Å². The molecule has 0 N–H and O–H groups in total. The molecule has 6 rings (SSSR count). The lowest BCUT2D eigenvalue weighted by atomic mass is 9.94. The highest BCUT2D eigenvalue weighted by Gasteiger charge is 2.25. The van der Waals surface area contributed by atoms with Crippen LogP contribution in [-0.4, -0.2) is 26.5 Å². The van der Waals surface area contributed by atoms with Crippen LogP contribution >= 0.6 is 11.3 Å². The molecule has 3 heterocycles. The molecule has 0 amide bonds. The number of carbonyl (C=O) groups excluding carboxylic acids is 2. The Balaban J connectivity index is 1.33. The smallest absolute Gasteiger partial charge is 0.181 e. The number of hydrogen-bond acceptors (Lipinski definition) is 6. The van der Waals surface area contributed by atoms with Gasteiger partial charge in [0.25, 0.3) is 0 Å². The Morgan fingerprint density at radius 1 is 0.583 bits per heavy atom. The molecule has 0 aliphatic rings. The van der Waals surface area contributed by atoms with Crippen molar-refractivity contribution in [2.75, 3.05) is 0 Å². The lowest BCUT2D eigenvalue weighted by molar-refractivity contribution is 0.0939. The number of fused-ring (bicyclic) bond motifs is 3. The Labute approximate surface area is 211 Å². The molecule has 6 heteroatoms. The van der Waals surface area contributed by atoms with Gasteiger partial charge in [-0.05, 0) is 36.4 Å². The quantitative estimate of drug-likeness (QED) is 0.226. The molecule has 0 aliphatic carbocycles. The summed E-state index contributed by atoms with van der Waals surface area (Å²) < 4.78 is 1.03. The van der Waals surface area contributed by atoms with Crippen molar-refractivity contribution in [3.63, 3.8) is 0 Å². The minimum Gasteiger partial charge on any atom is -0.292 e. The van der Waals surface area contributed by atoms with E-state index in [9.17, 15) is 9.59 Å². The van der Waals surface area contributed by atoms with Crippen LogP contribution in [0, 0.1) is 0 Å². The molecular weight excluding hydrogens is 466 g/mol. The summed E-state index contributed by atoms with van der Waals surface area (Å²) in [6, 6.07) is 30.6. The second-order valence-electron chi connectivity index (χ2n) is 8.75. The molecule has 3 aromatic carbocycles. The maximum Gasteiger partial charge on any atom is 0.181 e. The van der Waals surface area contributed by atoms with Crippen molar-refractivity contribution in [1.82, 2.24) is 15.0 Å². The third-order valence-electron chi connectivity index (χ3n) is 6.29. The summed E-state index contributed by atoms with van der Waals surface area (Å²) in [6.45, 7) is 0. The SMILES string of the molecule is O=C(CC(CC(=O)c1ccc2ccccc2n1)c1nc2ccccc2s1)c1ccc2ccccc2n1. The van der Waals surface area contributed by atoms with Crippen molar-refractivity contribution >= 4 is 54.9 Å². The van der Waals surface area contributed by atoms with Crippen LogP contribution in [0.2, 0.25) is 0 Å². The van der Waals surface area contributed by atoms with E-state index in [0.717, 1.165) is 37.0 Å². The Hall–Kier alpha value is -4.29. The summed E-state index contributed by atoms with van der Waals surface area (Å²) >= 11 is 1.53. The fraction of sp³-hybridized carbons (Fsp3) is 0.100. The van der Waals surface area contributed by atoms with E-state index in [2.05, 4.69) is 9.97 Å². The summed E-state index contributed by atoms with van der Waals surface area (Å²) in [7, 11) is 0. The topological polar surface area (TPSA) is 72.8 Å². The van der Waals surface area contributed by atoms with E-state index >= 15 is 0 Å². The van der Waals surface area contributed by atoms with Crippen LogP contribution < -0.4 is 0 Å². The number of aromatic nitrogens is 3. The number of ketones is 2. The Bertz CT molecular complexity index is 1630. The van der Waals surface area contributed by atoms with Crippen molar-refractivity contribution in [3.8, 4) is 0 Å². The van der Waals surface area contributed by atoms with Gasteiger partial charge in [-0.1, -0.05) is 60.7 Å². The number of para-hydroxylation sites is 3. The van der Waals surface area contributed by atoms with Gasteiger partial charge < -0.3 is 0 Å². The van der Waals surface area contributed by atoms with Crippen LogP contribution in [0.4, 0.5) is 0 Å². The zero-order chi connectivity index (χ0) is 24.5. The average Bonchev–Trinajstić information content (AvgIpc) is 3.36. The third-order valence-corrected chi connectivity index (χ3v) is 7.49. The van der Waals surface area contributed by atoms with Gasteiger partial charge in [-0.25, -0.2) is 15.0 Å². The van der Waals surface area contributed by atoms with E-state index in [1.165, 1.54) is 11.3 Å². The second-order valence-corrected chi connectivity index (χ2v) is 9.81. The highest BCUT2D eigenvalue weighted by molar-refractivity contribution is 7.18. The molecule has 3 aromatic heterocycles. The predicted molar refractivity (Wildman–Crippen MR) is 144 cm³/mol. The summed E-state index contributed by atoms with van der Waals surface area (Å²) in [4.78, 5) is 40.7. The lowest BCUT2D eigenvalue weighted by Crippen LogP contribution is -2.14. The number of hydrogen-bond donors (Lipinski definition) is 0. The molecule has 0 fully saturated rings. The molecule has 6 aromatic rings. The van der Waals surface area contributed by atoms with E-state index in [4.69, 9.17) is 4.98 Å². The number of pyridine rings is 2. The predicted octanol–water partition coefficient (Wildman–Crippen LogP) is 7.02. The largest absolute Gasteiger partial charge is 0.292 e. The number of rotatable bonds is 7. The Kier molecular flexibility index (Phi) is 5.79. The molecule has 174 valence electrons. The molecule has 0 aliphatic heterocycles. The molecule has 36 heavy (non-hydrogen) atoms. The number of Topliss-reactive ketones (excluding diaryl/α,β-unsaturated/α-hetero) is 2. The standard InChI is InChI=1S/C30H21N3O2S/c34-27(24-15-13-19-7-1-3-9-22(19)31-24)17-21(30-33-26-11-5-6-12-29(26)36-30)18-28(35)25-16-14-20-8-2-4-10-23(20)32-25/h1-16,21H,17-18H2. The van der Waals surface area contributed by atoms with Gasteiger partial charge in [-0.3, -0.25) is 9.59 Å². The minimum atomic E-state index is -0.371. The van der Waals surface area contributed by atoms with E-state index in [1.807, 2.05) is 84.9 Å². The van der Waals surface area contributed by atoms with Gasteiger partial charge in [-0.15, -0.1) is 11.3 Å². The number of benzene rings is 3. The Morgan fingerprint density at radius 3 is 1.64 bits per heavy atom. The molecule has 0 spiro atoms. The first-order valence-electron chi connectivity index (χ1n) is 11.8. The number of nitrogens with zero attached hydrogens (tertiary/aromatic N) is 3. The zero-order valence-electron chi connectivity index (χ0n) is 19.3. The van der Waals surface area contributed by atoms with E-state index < -0.39 is 0 Å². The zero-order valence-corrected chi connectivity index (χ0v) is 20.1. The van der Waals surface area contributed by atoms with Gasteiger partial charge in [0.15, 0.2) is 11.6 Å². The van der Waals surface area contributed by atoms with Gasteiger partial charge in [0.2, 0.25) is 0 Å². The van der Waals surface area contributed by atoms with Crippen LogP contribution in [0.5, 0.6) is 0 Å². The summed E-state index contributed by atoms with van der Waals surface area (Å²) in [6.07, 6.45) is 0.287. The lowest BCUT2D eigenvalue weighted by Gasteiger charge is -2.13. The Morgan fingerprint density at radius 2 is 1.08 bits per heavy atom. The molecule has 0 saturated carbocycles. The highest BCUT2D eigenvalue weighted by Crippen LogP contribution is 2.33. The fourth-order valence-corrected chi connectivity index (χ4v) is 5.48. The van der Waals surface area contributed by atoms with Gasteiger partial charge in [-0.2, -0.15) is 0 Å². The van der Waals surface area contributed by atoms with Crippen LogP contribution in [0.3, 0.4) is 0 Å². The summed E-state index contributed by atoms with van der Waals surface area (Å²) in [5.41, 5.74) is 3.22. The first kappa shape index (κ1) is 22.2. The monoisotopic (exact) mass is 487 g/mol. The second kappa shape index (κ2) is 9.40. The van der Waals surface area contributed by atoms with E-state index in [-0.39, 0.29) is 30.3 Å². The molecule has 0 bridgehead atoms. The number of carbonyl (C=O) groups is 2. The molecule has 0 atom stereocenters. The van der Waals surface area contributed by atoms with E-state index in [1.54, 1.807) is 12.1 Å². The first-order chi connectivity index (χ1) is 17.6. The molecule has 0 saturated heterocycles. The van der Waals surface area contributed by atoms with Gasteiger partial charge >= 0.3 is 0 Å². The fourth-order valence-electron chi connectivity index (χ4n) is 4.41. The van der Waals surface area contributed by atoms with Crippen molar-refractivity contribution in [2.24, 2.45) is 0 Å². The van der Waals surface area contributed by atoms with Crippen LogP contribution in [0.15, 0.2) is 97.1 Å².